The Morgan fingerprint density at radius 1 is 1.55 bits per heavy atom. The van der Waals surface area contributed by atoms with E-state index in [0.717, 1.165) is 0 Å². The Balaban J connectivity index is 3.30. The third-order valence-corrected chi connectivity index (χ3v) is 0.793. The van der Waals surface area contributed by atoms with Crippen LogP contribution in [0.4, 0.5) is 0 Å². The van der Waals surface area contributed by atoms with Crippen LogP contribution in [0.3, 0.4) is 0 Å². The van der Waals surface area contributed by atoms with E-state index < -0.39 is 5.97 Å². The molecular formula is C6H11NO4. The van der Waals surface area contributed by atoms with E-state index in [2.05, 4.69) is 10.3 Å². The molecule has 0 radical (unpaired) electrons. The van der Waals surface area contributed by atoms with E-state index in [1.807, 2.05) is 0 Å². The molecule has 0 aliphatic heterocycles. The smallest absolute Gasteiger partial charge is 0.332 e. The first-order valence-corrected chi connectivity index (χ1v) is 3.19. The number of Topliss-reactive ketones (excluding diaryl/α,β-unsaturated/α-hetero) is 1. The average molecular weight is 161 g/mol. The molecule has 5 nitrogen and oxygen atoms in total. The Morgan fingerprint density at radius 3 is 2.64 bits per heavy atom. The molecule has 0 aromatic heterocycles. The summed E-state index contributed by atoms with van der Waals surface area (Å²) in [5.41, 5.74) is 2.19. The van der Waals surface area contributed by atoms with E-state index in [0.29, 0.717) is 0 Å². The number of hydroxylamine groups is 1. The predicted molar refractivity (Wildman–Crippen MR) is 36.5 cm³/mol. The highest BCUT2D eigenvalue weighted by Gasteiger charge is 2.05. The first-order valence-electron chi connectivity index (χ1n) is 3.19. The summed E-state index contributed by atoms with van der Waals surface area (Å²) in [7, 11) is 0. The van der Waals surface area contributed by atoms with Crippen molar-refractivity contribution in [3.8, 4) is 0 Å². The molecule has 0 rings (SSSR count). The van der Waals surface area contributed by atoms with Gasteiger partial charge in [0.1, 0.15) is 12.2 Å². The van der Waals surface area contributed by atoms with E-state index in [1.165, 1.54) is 6.92 Å². The topological polar surface area (TPSA) is 75.6 Å². The number of ketones is 1. The van der Waals surface area contributed by atoms with Gasteiger partial charge in [0.2, 0.25) is 0 Å². The molecule has 0 fully saturated rings. The molecule has 0 aliphatic rings. The van der Waals surface area contributed by atoms with Gasteiger partial charge >= 0.3 is 5.97 Å². The van der Waals surface area contributed by atoms with Gasteiger partial charge in [-0.05, 0) is 6.92 Å². The summed E-state index contributed by atoms with van der Waals surface area (Å²) in [5.74, 6) is -0.883. The molecule has 0 saturated heterocycles. The van der Waals surface area contributed by atoms with Crippen LogP contribution in [0.25, 0.3) is 0 Å². The van der Waals surface area contributed by atoms with Crippen molar-refractivity contribution in [1.29, 1.82) is 0 Å². The zero-order chi connectivity index (χ0) is 8.69. The maximum atomic E-state index is 10.5. The minimum absolute atomic E-state index is 0.118. The summed E-state index contributed by atoms with van der Waals surface area (Å²) in [6, 6.07) is 0. The van der Waals surface area contributed by atoms with Gasteiger partial charge < -0.3 is 9.94 Å². The van der Waals surface area contributed by atoms with Gasteiger partial charge in [-0.2, -0.15) is 5.48 Å². The summed E-state index contributed by atoms with van der Waals surface area (Å²) >= 11 is 0. The minimum Gasteiger partial charge on any atom is -0.395 e. The van der Waals surface area contributed by atoms with Crippen LogP contribution in [0.15, 0.2) is 0 Å². The van der Waals surface area contributed by atoms with Crippen LogP contribution in [0.1, 0.15) is 13.3 Å². The van der Waals surface area contributed by atoms with Crippen molar-refractivity contribution in [2.75, 3.05) is 13.2 Å². The normalized spacial score (nSPS) is 9.27. The summed E-state index contributed by atoms with van der Waals surface area (Å²) in [5, 5.41) is 8.24. The van der Waals surface area contributed by atoms with E-state index in [-0.39, 0.29) is 25.4 Å². The van der Waals surface area contributed by atoms with Crippen LogP contribution < -0.4 is 5.48 Å². The van der Waals surface area contributed by atoms with Crippen molar-refractivity contribution in [3.05, 3.63) is 0 Å². The minimum atomic E-state index is -0.633. The highest BCUT2D eigenvalue weighted by atomic mass is 16.7. The van der Waals surface area contributed by atoms with Crippen LogP contribution in [-0.4, -0.2) is 30.0 Å². The molecule has 2 N–H and O–H groups in total. The first kappa shape index (κ1) is 10.1. The third-order valence-electron chi connectivity index (χ3n) is 0.793. The second-order valence-corrected chi connectivity index (χ2v) is 1.97. The maximum Gasteiger partial charge on any atom is 0.332 e. The second kappa shape index (κ2) is 5.82. The molecule has 0 spiro atoms. The van der Waals surface area contributed by atoms with Gasteiger partial charge in [0.05, 0.1) is 13.2 Å². The summed E-state index contributed by atoms with van der Waals surface area (Å²) in [6.07, 6.45) is -0.238. The molecule has 5 heteroatoms. The molecule has 0 aromatic carbocycles. The molecule has 11 heavy (non-hydrogen) atoms. The number of hydrogen-bond acceptors (Lipinski definition) is 5. The second-order valence-electron chi connectivity index (χ2n) is 1.97. The van der Waals surface area contributed by atoms with Crippen LogP contribution >= 0.6 is 0 Å². The standard InChI is InChI=1S/C6H11NO4/c1-5(9)4-6(10)11-7-2-3-8/h7-8H,2-4H2,1H3. The molecular weight excluding hydrogens is 150 g/mol. The Morgan fingerprint density at radius 2 is 2.18 bits per heavy atom. The largest absolute Gasteiger partial charge is 0.395 e. The molecule has 0 atom stereocenters. The Labute approximate surface area is 64.3 Å². The van der Waals surface area contributed by atoms with E-state index in [4.69, 9.17) is 5.11 Å². The van der Waals surface area contributed by atoms with Gasteiger partial charge in [-0.25, -0.2) is 4.79 Å². The van der Waals surface area contributed by atoms with Gasteiger partial charge in [0.15, 0.2) is 0 Å². The van der Waals surface area contributed by atoms with E-state index in [9.17, 15) is 9.59 Å². The van der Waals surface area contributed by atoms with Crippen LogP contribution in [-0.2, 0) is 14.4 Å². The zero-order valence-electron chi connectivity index (χ0n) is 6.29. The van der Waals surface area contributed by atoms with Gasteiger partial charge in [0.25, 0.3) is 0 Å². The van der Waals surface area contributed by atoms with E-state index >= 15 is 0 Å². The number of nitrogens with one attached hydrogen (secondary N) is 1. The van der Waals surface area contributed by atoms with Gasteiger partial charge in [-0.15, -0.1) is 0 Å². The number of carbonyl (C=O) groups is 2. The maximum absolute atomic E-state index is 10.5. The summed E-state index contributed by atoms with van der Waals surface area (Å²) < 4.78 is 0. The number of aliphatic hydroxyl groups is 1. The Bertz CT molecular complexity index is 146. The fourth-order valence-corrected chi connectivity index (χ4v) is 0.417. The first-order chi connectivity index (χ1) is 5.16. The number of hydrogen-bond donors (Lipinski definition) is 2. The summed E-state index contributed by atoms with van der Waals surface area (Å²) in [4.78, 5) is 25.2. The fraction of sp³-hybridized carbons (Fsp3) is 0.667. The van der Waals surface area contributed by atoms with Crippen LogP contribution in [0.2, 0.25) is 0 Å². The molecule has 0 saturated carbocycles. The van der Waals surface area contributed by atoms with Gasteiger partial charge in [-0.1, -0.05) is 0 Å². The average Bonchev–Trinajstić information content (AvgIpc) is 1.86. The Hall–Kier alpha value is -0.940. The zero-order valence-corrected chi connectivity index (χ0v) is 6.29. The lowest BCUT2D eigenvalue weighted by molar-refractivity contribution is -0.152. The highest BCUT2D eigenvalue weighted by Crippen LogP contribution is 1.84. The SMILES string of the molecule is CC(=O)CC(=O)ONCCO. The van der Waals surface area contributed by atoms with Crippen molar-refractivity contribution in [2.45, 2.75) is 13.3 Å². The van der Waals surface area contributed by atoms with Crippen molar-refractivity contribution < 1.29 is 19.5 Å². The highest BCUT2D eigenvalue weighted by molar-refractivity contribution is 5.93. The number of aliphatic hydroxyl groups excluding tert-OH is 1. The molecule has 0 aliphatic carbocycles. The van der Waals surface area contributed by atoms with Gasteiger partial charge in [0, 0.05) is 0 Å². The third kappa shape index (κ3) is 6.95. The summed E-state index contributed by atoms with van der Waals surface area (Å²) in [6.45, 7) is 1.35. The number of carbonyl (C=O) groups excluding carboxylic acids is 2. The van der Waals surface area contributed by atoms with Crippen molar-refractivity contribution >= 4 is 11.8 Å². The quantitative estimate of drug-likeness (QED) is 0.307. The Kier molecular flexibility index (Phi) is 5.32. The molecule has 0 unspecified atom stereocenters. The number of rotatable bonds is 5. The molecule has 0 heterocycles. The van der Waals surface area contributed by atoms with Crippen molar-refractivity contribution in [2.24, 2.45) is 0 Å². The molecule has 64 valence electrons. The van der Waals surface area contributed by atoms with Crippen LogP contribution in [0.5, 0.6) is 0 Å². The van der Waals surface area contributed by atoms with Gasteiger partial charge in [-0.3, -0.25) is 4.79 Å². The predicted octanol–water partition coefficient (Wildman–Crippen LogP) is -0.994. The molecule has 0 aromatic rings. The van der Waals surface area contributed by atoms with Crippen molar-refractivity contribution in [3.63, 3.8) is 0 Å². The lowest BCUT2D eigenvalue weighted by atomic mass is 10.3. The fourth-order valence-electron chi connectivity index (χ4n) is 0.417. The lowest BCUT2D eigenvalue weighted by Crippen LogP contribution is -2.23. The monoisotopic (exact) mass is 161 g/mol. The van der Waals surface area contributed by atoms with E-state index in [1.54, 1.807) is 0 Å². The van der Waals surface area contributed by atoms with Crippen LogP contribution in [0, 0.1) is 0 Å². The molecule has 0 amide bonds. The van der Waals surface area contributed by atoms with Crippen molar-refractivity contribution in [1.82, 2.24) is 5.48 Å². The lowest BCUT2D eigenvalue weighted by Gasteiger charge is -2.01. The molecule has 0 bridgehead atoms.